The molecule has 0 heterocycles. The minimum atomic E-state index is -4.17. The number of fused-ring (bicyclic) bond motifs is 1. The first kappa shape index (κ1) is 20.9. The van der Waals surface area contributed by atoms with Crippen LogP contribution in [0.3, 0.4) is 0 Å². The van der Waals surface area contributed by atoms with Gasteiger partial charge in [0.05, 0.1) is 0 Å². The molecule has 0 bridgehead atoms. The number of benzene rings is 3. The van der Waals surface area contributed by atoms with Gasteiger partial charge in [-0.25, -0.2) is 4.57 Å². The average molecular weight is 408 g/mol. The van der Waals surface area contributed by atoms with E-state index in [1.807, 2.05) is 72.8 Å². The Morgan fingerprint density at radius 1 is 0.963 bits per heavy atom. The molecule has 27 heavy (non-hydrogen) atoms. The van der Waals surface area contributed by atoms with E-state index in [1.165, 1.54) is 0 Å². The van der Waals surface area contributed by atoms with Crippen molar-refractivity contribution in [2.24, 2.45) is 0 Å². The maximum absolute atomic E-state index is 11.8. The van der Waals surface area contributed by atoms with Gasteiger partial charge in [-0.05, 0) is 17.0 Å². The van der Waals surface area contributed by atoms with Gasteiger partial charge >= 0.3 is 12.9 Å². The number of ether oxygens (including phenoxy) is 1. The van der Waals surface area contributed by atoms with Crippen LogP contribution in [0, 0.1) is 0 Å². The molecule has 0 atom stereocenters. The molecule has 0 fully saturated rings. The van der Waals surface area contributed by atoms with Gasteiger partial charge in [0.15, 0.2) is 0 Å². The summed E-state index contributed by atoms with van der Waals surface area (Å²) in [5.74, 6) is -0.267. The van der Waals surface area contributed by atoms with Gasteiger partial charge in [-0.3, -0.25) is 4.79 Å². The molecule has 0 aliphatic carbocycles. The largest absolute Gasteiger partial charge is 0.460 e. The van der Waals surface area contributed by atoms with Crippen LogP contribution in [0.4, 0.5) is 5.69 Å². The number of rotatable bonds is 5. The molecular weight excluding hydrogens is 389 g/mol. The summed E-state index contributed by atoms with van der Waals surface area (Å²) in [6.07, 6.45) is 0. The van der Waals surface area contributed by atoms with Gasteiger partial charge in [-0.15, -0.1) is 0 Å². The number of esters is 1. The summed E-state index contributed by atoms with van der Waals surface area (Å²) in [6.45, 7) is -3.71. The van der Waals surface area contributed by atoms with E-state index in [2.05, 4.69) is 16.6 Å². The zero-order chi connectivity index (χ0) is 19.7. The predicted octanol–water partition coefficient (Wildman–Crippen LogP) is 4.31. The molecule has 0 saturated carbocycles. The molecule has 0 spiro atoms. The molecular formula is C19H19ClNO5P. The number of hydrogen-bond acceptors (Lipinski definition) is 4. The number of halogens is 1. The maximum atomic E-state index is 11.8. The Hall–Kier alpha value is -2.37. The van der Waals surface area contributed by atoms with Crippen molar-refractivity contribution in [3.63, 3.8) is 0 Å². The topological polar surface area (TPSA) is 95.9 Å². The van der Waals surface area contributed by atoms with Crippen LogP contribution in [0.1, 0.15) is 5.56 Å². The molecule has 0 aromatic heterocycles. The van der Waals surface area contributed by atoms with E-state index in [-0.39, 0.29) is 12.5 Å². The van der Waals surface area contributed by atoms with Crippen molar-refractivity contribution in [1.82, 2.24) is 0 Å². The Morgan fingerprint density at radius 2 is 1.56 bits per heavy atom. The molecule has 0 aliphatic rings. The Labute approximate surface area is 161 Å². The molecule has 0 amide bonds. The normalized spacial score (nSPS) is 10.6. The van der Waals surface area contributed by atoms with Gasteiger partial charge in [0.2, 0.25) is 0 Å². The second-order valence-corrected chi connectivity index (χ2v) is 7.77. The SMILES string of the molecule is O=C(CNc1cccc2ccccc12)OCc1ccccc1.O=P(O)(O)Cl. The van der Waals surface area contributed by atoms with E-state index < -0.39 is 6.95 Å². The summed E-state index contributed by atoms with van der Waals surface area (Å²) in [6, 6.07) is 23.7. The Bertz CT molecular complexity index is 916. The number of hydrogen-bond donors (Lipinski definition) is 3. The van der Waals surface area contributed by atoms with Gasteiger partial charge in [0.25, 0.3) is 0 Å². The van der Waals surface area contributed by atoms with Gasteiger partial charge in [0.1, 0.15) is 13.2 Å². The molecule has 3 aromatic carbocycles. The van der Waals surface area contributed by atoms with E-state index in [9.17, 15) is 4.79 Å². The first-order valence-corrected chi connectivity index (χ1v) is 10.5. The van der Waals surface area contributed by atoms with Crippen LogP contribution in [0.15, 0.2) is 72.8 Å². The molecule has 3 aromatic rings. The molecule has 0 radical (unpaired) electrons. The van der Waals surface area contributed by atoms with Gasteiger partial charge in [-0.2, -0.15) is 0 Å². The fourth-order valence-electron chi connectivity index (χ4n) is 2.34. The fourth-order valence-corrected chi connectivity index (χ4v) is 2.34. The molecule has 6 nitrogen and oxygen atoms in total. The zero-order valence-corrected chi connectivity index (χ0v) is 15.9. The van der Waals surface area contributed by atoms with Crippen LogP contribution >= 0.6 is 18.2 Å². The summed E-state index contributed by atoms with van der Waals surface area (Å²) in [7, 11) is 0. The zero-order valence-electron chi connectivity index (χ0n) is 14.3. The fraction of sp³-hybridized carbons (Fsp3) is 0.105. The van der Waals surface area contributed by atoms with Crippen molar-refractivity contribution in [1.29, 1.82) is 0 Å². The number of carbonyl (C=O) groups excluding carboxylic acids is 1. The third kappa shape index (κ3) is 8.24. The number of nitrogens with one attached hydrogen (secondary N) is 1. The first-order valence-electron chi connectivity index (χ1n) is 7.99. The highest BCUT2D eigenvalue weighted by molar-refractivity contribution is 7.79. The second kappa shape index (κ2) is 10.1. The summed E-state index contributed by atoms with van der Waals surface area (Å²) < 4.78 is 14.4. The van der Waals surface area contributed by atoms with Crippen LogP contribution in [0.2, 0.25) is 0 Å². The lowest BCUT2D eigenvalue weighted by molar-refractivity contribution is -0.142. The van der Waals surface area contributed by atoms with Gasteiger partial charge < -0.3 is 19.8 Å². The third-order valence-electron chi connectivity index (χ3n) is 3.46. The summed E-state index contributed by atoms with van der Waals surface area (Å²) in [5.41, 5.74) is 1.93. The van der Waals surface area contributed by atoms with E-state index in [1.54, 1.807) is 0 Å². The number of carbonyl (C=O) groups is 1. The molecule has 0 saturated heterocycles. The quantitative estimate of drug-likeness (QED) is 0.431. The van der Waals surface area contributed by atoms with E-state index in [0.29, 0.717) is 6.61 Å². The van der Waals surface area contributed by atoms with Crippen LogP contribution in [-0.4, -0.2) is 22.3 Å². The Morgan fingerprint density at radius 3 is 2.26 bits per heavy atom. The minimum Gasteiger partial charge on any atom is -0.460 e. The average Bonchev–Trinajstić information content (AvgIpc) is 2.64. The highest BCUT2D eigenvalue weighted by Crippen LogP contribution is 2.39. The molecule has 3 rings (SSSR count). The van der Waals surface area contributed by atoms with E-state index in [4.69, 9.17) is 19.1 Å². The maximum Gasteiger partial charge on any atom is 0.419 e. The van der Waals surface area contributed by atoms with Crippen molar-refractivity contribution in [3.05, 3.63) is 78.4 Å². The van der Waals surface area contributed by atoms with Gasteiger partial charge in [0, 0.05) is 22.3 Å². The van der Waals surface area contributed by atoms with Gasteiger partial charge in [-0.1, -0.05) is 66.7 Å². The Kier molecular flexibility index (Phi) is 7.82. The standard InChI is InChI=1S/C19H17NO2.ClH2O3P/c21-19(22-14-15-7-2-1-3-8-15)13-20-18-12-6-10-16-9-4-5-11-17(16)18;1-5(2,3)4/h1-12,20H,13-14H2;(H2,2,3,4). The highest BCUT2D eigenvalue weighted by atomic mass is 35.7. The first-order chi connectivity index (χ1) is 12.8. The minimum absolute atomic E-state index is 0.154. The molecule has 142 valence electrons. The monoisotopic (exact) mass is 407 g/mol. The number of anilines is 1. The summed E-state index contributed by atoms with van der Waals surface area (Å²) in [5, 5.41) is 5.39. The highest BCUT2D eigenvalue weighted by Gasteiger charge is 2.05. The molecule has 3 N–H and O–H groups in total. The molecule has 8 heteroatoms. The lowest BCUT2D eigenvalue weighted by Crippen LogP contribution is -2.16. The van der Waals surface area contributed by atoms with Crippen molar-refractivity contribution >= 4 is 40.6 Å². The molecule has 0 unspecified atom stereocenters. The van der Waals surface area contributed by atoms with Crippen molar-refractivity contribution in [3.8, 4) is 0 Å². The Balaban J connectivity index is 0.000000465. The lowest BCUT2D eigenvalue weighted by Gasteiger charge is -2.10. The van der Waals surface area contributed by atoms with Crippen LogP contribution in [0.5, 0.6) is 0 Å². The third-order valence-corrected chi connectivity index (χ3v) is 3.46. The van der Waals surface area contributed by atoms with E-state index in [0.717, 1.165) is 22.0 Å². The van der Waals surface area contributed by atoms with Crippen molar-refractivity contribution < 1.29 is 23.9 Å². The van der Waals surface area contributed by atoms with Crippen LogP contribution in [0.25, 0.3) is 10.8 Å². The van der Waals surface area contributed by atoms with Crippen molar-refractivity contribution in [2.75, 3.05) is 11.9 Å². The van der Waals surface area contributed by atoms with Crippen molar-refractivity contribution in [2.45, 2.75) is 6.61 Å². The smallest absolute Gasteiger partial charge is 0.419 e. The summed E-state index contributed by atoms with van der Waals surface area (Å²) in [4.78, 5) is 26.6. The van der Waals surface area contributed by atoms with E-state index >= 15 is 0 Å². The van der Waals surface area contributed by atoms with Crippen LogP contribution < -0.4 is 5.32 Å². The predicted molar refractivity (Wildman–Crippen MR) is 107 cm³/mol. The summed E-state index contributed by atoms with van der Waals surface area (Å²) >= 11 is 4.20. The lowest BCUT2D eigenvalue weighted by atomic mass is 10.1. The second-order valence-electron chi connectivity index (χ2n) is 5.50. The molecule has 0 aliphatic heterocycles. The van der Waals surface area contributed by atoms with Crippen LogP contribution in [-0.2, 0) is 20.7 Å².